The lowest BCUT2D eigenvalue weighted by Crippen LogP contribution is -2.32. The predicted molar refractivity (Wildman–Crippen MR) is 59.4 cm³/mol. The van der Waals surface area contributed by atoms with Crippen molar-refractivity contribution in [1.29, 1.82) is 0 Å². The van der Waals surface area contributed by atoms with Crippen molar-refractivity contribution in [1.82, 2.24) is 0 Å². The molecular weight excluding hydrogens is 283 g/mol. The van der Waals surface area contributed by atoms with Gasteiger partial charge in [0, 0.05) is 0 Å². The van der Waals surface area contributed by atoms with Crippen LogP contribution in [0.5, 0.6) is 0 Å². The molecule has 2 atom stereocenters. The molecule has 0 aliphatic carbocycles. The number of phosphoric acid groups is 1. The number of aliphatic hydroxyl groups is 2. The number of esters is 1. The van der Waals surface area contributed by atoms with Crippen LogP contribution in [-0.4, -0.2) is 51.4 Å². The van der Waals surface area contributed by atoms with Crippen LogP contribution in [0.4, 0.5) is 0 Å². The van der Waals surface area contributed by atoms with Crippen LogP contribution in [0.1, 0.15) is 13.3 Å². The topological polar surface area (TPSA) is 143 Å². The third-order valence-corrected chi connectivity index (χ3v) is 2.53. The zero-order valence-corrected chi connectivity index (χ0v) is 10.9. The second-order valence-corrected chi connectivity index (χ2v) is 4.86. The van der Waals surface area contributed by atoms with Crippen molar-refractivity contribution >= 4 is 13.8 Å². The van der Waals surface area contributed by atoms with Crippen molar-refractivity contribution in [3.63, 3.8) is 0 Å². The van der Waals surface area contributed by atoms with Crippen LogP contribution in [0, 0.1) is 0 Å². The van der Waals surface area contributed by atoms with Gasteiger partial charge in [-0.2, -0.15) is 0 Å². The smallest absolute Gasteiger partial charge is 0.490 e. The minimum Gasteiger partial charge on any atom is -0.490 e. The highest BCUT2D eigenvalue weighted by Gasteiger charge is 2.44. The summed E-state index contributed by atoms with van der Waals surface area (Å²) in [7, 11) is -4.97. The van der Waals surface area contributed by atoms with Crippen molar-refractivity contribution in [3.8, 4) is 0 Å². The summed E-state index contributed by atoms with van der Waals surface area (Å²) in [6.45, 7) is 1.16. The molecule has 0 bridgehead atoms. The van der Waals surface area contributed by atoms with E-state index in [0.717, 1.165) is 0 Å². The van der Waals surface area contributed by atoms with Gasteiger partial charge in [-0.3, -0.25) is 9.79 Å². The Balaban J connectivity index is 3.05. The lowest BCUT2D eigenvalue weighted by molar-refractivity contribution is -0.148. The second kappa shape index (κ2) is 6.36. The maximum atomic E-state index is 11.4. The summed E-state index contributed by atoms with van der Waals surface area (Å²) < 4.78 is 24.7. The number of carbonyl (C=O) groups excluding carboxylic acids is 1. The molecule has 10 heteroatoms. The lowest BCUT2D eigenvalue weighted by atomic mass is 10.2. The number of cyclic esters (lactones) is 1. The van der Waals surface area contributed by atoms with Gasteiger partial charge in [0.2, 0.25) is 0 Å². The summed E-state index contributed by atoms with van der Waals surface area (Å²) in [6.07, 6.45) is -2.29. The molecule has 1 heterocycles. The molecule has 9 nitrogen and oxygen atoms in total. The first-order valence-electron chi connectivity index (χ1n) is 5.42. The van der Waals surface area contributed by atoms with Gasteiger partial charge in [-0.1, -0.05) is 6.92 Å². The molecule has 0 spiro atoms. The van der Waals surface area contributed by atoms with Gasteiger partial charge in [-0.25, -0.2) is 9.36 Å². The molecule has 1 rings (SSSR count). The standard InChI is InChI=1S/C9H15O9P/c1-2-3-16-7-6(5(11)4-10)17-9(12)8(7)18-19(13,14)15/h5-6,10-11H,2-4H2,1H3,(H2,13,14,15)/t5-,6+/m0/s1. The van der Waals surface area contributed by atoms with Crippen LogP contribution in [0.2, 0.25) is 0 Å². The average molecular weight is 298 g/mol. The number of carbonyl (C=O) groups is 1. The van der Waals surface area contributed by atoms with E-state index in [1.165, 1.54) is 0 Å². The highest BCUT2D eigenvalue weighted by Crippen LogP contribution is 2.42. The Bertz CT molecular complexity index is 412. The summed E-state index contributed by atoms with van der Waals surface area (Å²) >= 11 is 0. The molecule has 110 valence electrons. The number of hydrogen-bond acceptors (Lipinski definition) is 7. The van der Waals surface area contributed by atoms with Crippen LogP contribution < -0.4 is 0 Å². The Labute approximate surface area is 108 Å². The molecule has 0 amide bonds. The fourth-order valence-electron chi connectivity index (χ4n) is 1.36. The molecule has 19 heavy (non-hydrogen) atoms. The Morgan fingerprint density at radius 2 is 2.11 bits per heavy atom. The molecule has 1 aliphatic heterocycles. The summed E-state index contributed by atoms with van der Waals surface area (Å²) in [5.74, 6) is -2.30. The summed E-state index contributed by atoms with van der Waals surface area (Å²) in [4.78, 5) is 28.8. The van der Waals surface area contributed by atoms with E-state index in [2.05, 4.69) is 9.26 Å². The van der Waals surface area contributed by atoms with E-state index in [0.29, 0.717) is 6.42 Å². The van der Waals surface area contributed by atoms with Gasteiger partial charge in [0.25, 0.3) is 5.76 Å². The van der Waals surface area contributed by atoms with E-state index < -0.39 is 38.4 Å². The zero-order chi connectivity index (χ0) is 14.6. The van der Waals surface area contributed by atoms with Gasteiger partial charge in [0.1, 0.15) is 6.10 Å². The second-order valence-electron chi connectivity index (χ2n) is 3.70. The molecular formula is C9H15O9P. The molecule has 0 saturated heterocycles. The first-order valence-corrected chi connectivity index (χ1v) is 6.95. The summed E-state index contributed by atoms with van der Waals surface area (Å²) in [5, 5.41) is 18.3. The first-order chi connectivity index (χ1) is 8.80. The minimum atomic E-state index is -4.97. The summed E-state index contributed by atoms with van der Waals surface area (Å²) in [5.41, 5.74) is 0. The van der Waals surface area contributed by atoms with E-state index in [-0.39, 0.29) is 12.4 Å². The maximum Gasteiger partial charge on any atom is 0.525 e. The van der Waals surface area contributed by atoms with Crippen LogP contribution >= 0.6 is 7.82 Å². The Hall–Kier alpha value is -1.12. The van der Waals surface area contributed by atoms with Crippen LogP contribution in [0.15, 0.2) is 11.5 Å². The Kier molecular flexibility index (Phi) is 5.33. The number of aliphatic hydroxyl groups excluding tert-OH is 2. The Morgan fingerprint density at radius 3 is 2.58 bits per heavy atom. The highest BCUT2D eigenvalue weighted by atomic mass is 31.2. The maximum absolute atomic E-state index is 11.4. The van der Waals surface area contributed by atoms with Gasteiger partial charge < -0.3 is 24.2 Å². The molecule has 0 unspecified atom stereocenters. The molecule has 0 aromatic carbocycles. The van der Waals surface area contributed by atoms with E-state index >= 15 is 0 Å². The minimum absolute atomic E-state index is 0.120. The molecule has 0 radical (unpaired) electrons. The first kappa shape index (κ1) is 15.9. The number of phosphoric ester groups is 1. The molecule has 0 aromatic rings. The van der Waals surface area contributed by atoms with Gasteiger partial charge in [-0.05, 0) is 6.42 Å². The van der Waals surface area contributed by atoms with Gasteiger partial charge >= 0.3 is 13.8 Å². The van der Waals surface area contributed by atoms with Gasteiger partial charge in [0.05, 0.1) is 13.2 Å². The van der Waals surface area contributed by atoms with Crippen molar-refractivity contribution < 1.29 is 43.4 Å². The zero-order valence-electron chi connectivity index (χ0n) is 10.1. The molecule has 0 saturated carbocycles. The fourth-order valence-corrected chi connectivity index (χ4v) is 1.76. The Morgan fingerprint density at radius 1 is 1.47 bits per heavy atom. The predicted octanol–water partition coefficient (Wildman–Crippen LogP) is -0.988. The number of hydrogen-bond donors (Lipinski definition) is 4. The van der Waals surface area contributed by atoms with Gasteiger partial charge in [0.15, 0.2) is 11.9 Å². The van der Waals surface area contributed by atoms with Gasteiger partial charge in [-0.15, -0.1) is 0 Å². The average Bonchev–Trinajstić information content (AvgIpc) is 2.61. The van der Waals surface area contributed by atoms with E-state index in [1.54, 1.807) is 6.92 Å². The van der Waals surface area contributed by atoms with E-state index in [1.807, 2.05) is 0 Å². The SMILES string of the molecule is CCCOC1=C(OP(=O)(O)O)C(=O)O[C@@H]1[C@@H](O)CO. The largest absolute Gasteiger partial charge is 0.525 e. The number of rotatable bonds is 7. The normalized spacial score (nSPS) is 21.3. The van der Waals surface area contributed by atoms with Crippen LogP contribution in [0.3, 0.4) is 0 Å². The molecule has 0 fully saturated rings. The molecule has 1 aliphatic rings. The number of ether oxygens (including phenoxy) is 2. The highest BCUT2D eigenvalue weighted by molar-refractivity contribution is 7.46. The summed E-state index contributed by atoms with van der Waals surface area (Å²) in [6, 6.07) is 0. The van der Waals surface area contributed by atoms with E-state index in [9.17, 15) is 14.5 Å². The van der Waals surface area contributed by atoms with Crippen LogP contribution in [0.25, 0.3) is 0 Å². The molecule has 4 N–H and O–H groups in total. The van der Waals surface area contributed by atoms with Crippen molar-refractivity contribution in [2.45, 2.75) is 25.6 Å². The van der Waals surface area contributed by atoms with Crippen molar-refractivity contribution in [2.24, 2.45) is 0 Å². The lowest BCUT2D eigenvalue weighted by Gasteiger charge is -2.18. The van der Waals surface area contributed by atoms with E-state index in [4.69, 9.17) is 19.6 Å². The third kappa shape index (κ3) is 4.19. The fraction of sp³-hybridized carbons (Fsp3) is 0.667. The monoisotopic (exact) mass is 298 g/mol. The van der Waals surface area contributed by atoms with Crippen molar-refractivity contribution in [2.75, 3.05) is 13.2 Å². The van der Waals surface area contributed by atoms with Crippen molar-refractivity contribution in [3.05, 3.63) is 11.5 Å². The van der Waals surface area contributed by atoms with Crippen LogP contribution in [-0.2, 0) is 23.4 Å². The molecule has 0 aromatic heterocycles. The third-order valence-electron chi connectivity index (χ3n) is 2.11. The quantitative estimate of drug-likeness (QED) is 0.344.